The molecule has 88 valence electrons. The molecule has 1 aliphatic carbocycles. The fourth-order valence-electron chi connectivity index (χ4n) is 2.78. The molecular weight excluding hydrogens is 218 g/mol. The van der Waals surface area contributed by atoms with Crippen LogP contribution in [0.1, 0.15) is 30.6 Å². The summed E-state index contributed by atoms with van der Waals surface area (Å²) in [5.74, 6) is 0.506. The highest BCUT2D eigenvalue weighted by molar-refractivity contribution is 7.10. The summed E-state index contributed by atoms with van der Waals surface area (Å²) < 4.78 is 0. The summed E-state index contributed by atoms with van der Waals surface area (Å²) in [5, 5.41) is 13.0. The Morgan fingerprint density at radius 1 is 1.38 bits per heavy atom. The second kappa shape index (κ2) is 4.13. The van der Waals surface area contributed by atoms with Gasteiger partial charge in [0.25, 0.3) is 0 Å². The van der Waals surface area contributed by atoms with Crippen molar-refractivity contribution in [3.63, 3.8) is 0 Å². The summed E-state index contributed by atoms with van der Waals surface area (Å²) >= 11 is 1.70. The van der Waals surface area contributed by atoms with Crippen LogP contribution in [-0.2, 0) is 5.60 Å². The smallest absolute Gasteiger partial charge is 0.114 e. The highest BCUT2D eigenvalue weighted by Gasteiger charge is 2.46. The van der Waals surface area contributed by atoms with Gasteiger partial charge in [-0.15, -0.1) is 11.3 Å². The summed E-state index contributed by atoms with van der Waals surface area (Å²) in [5.41, 5.74) is -0.557. The monoisotopic (exact) mass is 237 g/mol. The van der Waals surface area contributed by atoms with Crippen LogP contribution >= 0.6 is 11.3 Å². The van der Waals surface area contributed by atoms with E-state index in [1.54, 1.807) is 11.3 Å². The molecule has 3 rings (SSSR count). The van der Waals surface area contributed by atoms with E-state index >= 15 is 0 Å². The van der Waals surface area contributed by atoms with Crippen molar-refractivity contribution in [2.75, 3.05) is 19.6 Å². The molecule has 0 bridgehead atoms. The maximum absolute atomic E-state index is 10.9. The second-order valence-electron chi connectivity index (χ2n) is 5.16. The Labute approximate surface area is 101 Å². The first-order valence-corrected chi connectivity index (χ1v) is 7.16. The zero-order valence-corrected chi connectivity index (χ0v) is 10.4. The van der Waals surface area contributed by atoms with E-state index in [1.165, 1.54) is 43.6 Å². The topological polar surface area (TPSA) is 23.5 Å². The van der Waals surface area contributed by atoms with Gasteiger partial charge in [0.1, 0.15) is 5.60 Å². The van der Waals surface area contributed by atoms with Gasteiger partial charge < -0.3 is 10.0 Å². The number of β-amino-alcohol motifs (C(OH)–C–C–N with tert-alkyl or cyclic N) is 1. The molecule has 0 aromatic carbocycles. The Bertz CT molecular complexity index is 341. The van der Waals surface area contributed by atoms with Gasteiger partial charge in [0.15, 0.2) is 0 Å². The molecule has 1 saturated carbocycles. The normalized spacial score (nSPS) is 25.8. The van der Waals surface area contributed by atoms with Gasteiger partial charge in [-0.05, 0) is 56.1 Å². The first kappa shape index (κ1) is 10.8. The van der Waals surface area contributed by atoms with Crippen molar-refractivity contribution in [3.8, 4) is 0 Å². The number of thiophene rings is 1. The minimum Gasteiger partial charge on any atom is -0.383 e. The number of hydrogen-bond donors (Lipinski definition) is 1. The van der Waals surface area contributed by atoms with Crippen LogP contribution in [0.5, 0.6) is 0 Å². The largest absolute Gasteiger partial charge is 0.383 e. The lowest BCUT2D eigenvalue weighted by atomic mass is 9.95. The molecular formula is C13H19NOS. The van der Waals surface area contributed by atoms with Gasteiger partial charge in [-0.3, -0.25) is 0 Å². The quantitative estimate of drug-likeness (QED) is 0.869. The molecule has 1 aromatic rings. The molecule has 1 aromatic heterocycles. The summed E-state index contributed by atoms with van der Waals surface area (Å²) in [6.45, 7) is 3.18. The van der Waals surface area contributed by atoms with Crippen LogP contribution in [0.2, 0.25) is 0 Å². The van der Waals surface area contributed by atoms with Crippen LogP contribution in [0.25, 0.3) is 0 Å². The number of nitrogens with zero attached hydrogens (tertiary/aromatic N) is 1. The molecule has 2 fully saturated rings. The zero-order valence-electron chi connectivity index (χ0n) is 9.56. The molecule has 2 aliphatic rings. The van der Waals surface area contributed by atoms with Crippen LogP contribution in [0.3, 0.4) is 0 Å². The molecule has 0 radical (unpaired) electrons. The maximum atomic E-state index is 10.9. The van der Waals surface area contributed by atoms with Gasteiger partial charge >= 0.3 is 0 Å². The van der Waals surface area contributed by atoms with Crippen molar-refractivity contribution in [2.45, 2.75) is 31.3 Å². The van der Waals surface area contributed by atoms with E-state index in [2.05, 4.69) is 22.4 Å². The highest BCUT2D eigenvalue weighted by atomic mass is 32.1. The fraction of sp³-hybridized carbons (Fsp3) is 0.692. The Kier molecular flexibility index (Phi) is 2.78. The van der Waals surface area contributed by atoms with Crippen molar-refractivity contribution in [1.29, 1.82) is 0 Å². The molecule has 2 heterocycles. The molecule has 1 aliphatic heterocycles. The van der Waals surface area contributed by atoms with E-state index in [-0.39, 0.29) is 0 Å². The predicted molar refractivity (Wildman–Crippen MR) is 66.6 cm³/mol. The van der Waals surface area contributed by atoms with Gasteiger partial charge in [-0.1, -0.05) is 6.07 Å². The SMILES string of the molecule is OC(CN1CCCC1)(c1cccs1)C1CC1. The zero-order chi connectivity index (χ0) is 11.0. The lowest BCUT2D eigenvalue weighted by Gasteiger charge is -2.31. The van der Waals surface area contributed by atoms with Crippen molar-refractivity contribution < 1.29 is 5.11 Å². The third kappa shape index (κ3) is 1.92. The Morgan fingerprint density at radius 3 is 2.69 bits per heavy atom. The van der Waals surface area contributed by atoms with Gasteiger partial charge in [-0.2, -0.15) is 0 Å². The summed E-state index contributed by atoms with van der Waals surface area (Å²) in [7, 11) is 0. The molecule has 2 nitrogen and oxygen atoms in total. The molecule has 1 saturated heterocycles. The Morgan fingerprint density at radius 2 is 2.12 bits per heavy atom. The van der Waals surface area contributed by atoms with E-state index in [0.29, 0.717) is 5.92 Å². The van der Waals surface area contributed by atoms with Gasteiger partial charge in [-0.25, -0.2) is 0 Å². The number of rotatable bonds is 4. The summed E-state index contributed by atoms with van der Waals surface area (Å²) in [6.07, 6.45) is 4.99. The molecule has 0 amide bonds. The third-order valence-corrected chi connectivity index (χ3v) is 4.90. The van der Waals surface area contributed by atoms with Gasteiger partial charge in [0.2, 0.25) is 0 Å². The van der Waals surface area contributed by atoms with Crippen LogP contribution in [0.15, 0.2) is 17.5 Å². The summed E-state index contributed by atoms with van der Waals surface area (Å²) in [4.78, 5) is 3.60. The molecule has 1 N–H and O–H groups in total. The van der Waals surface area contributed by atoms with E-state index in [1.807, 2.05) is 0 Å². The van der Waals surface area contributed by atoms with Crippen LogP contribution in [0, 0.1) is 5.92 Å². The number of likely N-dealkylation sites (tertiary alicyclic amines) is 1. The lowest BCUT2D eigenvalue weighted by Crippen LogP contribution is -2.41. The summed E-state index contributed by atoms with van der Waals surface area (Å²) in [6, 6.07) is 4.15. The fourth-order valence-corrected chi connectivity index (χ4v) is 3.67. The van der Waals surface area contributed by atoms with E-state index in [9.17, 15) is 5.11 Å². The Hall–Kier alpha value is -0.380. The minimum absolute atomic E-state index is 0.506. The lowest BCUT2D eigenvalue weighted by molar-refractivity contribution is -0.0126. The van der Waals surface area contributed by atoms with E-state index < -0.39 is 5.60 Å². The maximum Gasteiger partial charge on any atom is 0.114 e. The highest BCUT2D eigenvalue weighted by Crippen LogP contribution is 2.47. The van der Waals surface area contributed by atoms with Gasteiger partial charge in [0.05, 0.1) is 0 Å². The molecule has 3 heteroatoms. The number of aliphatic hydroxyl groups is 1. The van der Waals surface area contributed by atoms with Crippen molar-refractivity contribution in [2.24, 2.45) is 5.92 Å². The molecule has 1 unspecified atom stereocenters. The number of hydrogen-bond acceptors (Lipinski definition) is 3. The van der Waals surface area contributed by atoms with Crippen LogP contribution < -0.4 is 0 Å². The molecule has 16 heavy (non-hydrogen) atoms. The molecule has 1 atom stereocenters. The van der Waals surface area contributed by atoms with Crippen molar-refractivity contribution >= 4 is 11.3 Å². The first-order chi connectivity index (χ1) is 7.79. The first-order valence-electron chi connectivity index (χ1n) is 6.28. The van der Waals surface area contributed by atoms with Crippen molar-refractivity contribution in [1.82, 2.24) is 4.90 Å². The van der Waals surface area contributed by atoms with Gasteiger partial charge in [0, 0.05) is 11.4 Å². The standard InChI is InChI=1S/C13H19NOS/c15-13(11-5-6-11,12-4-3-9-16-12)10-14-7-1-2-8-14/h3-4,9,11,15H,1-2,5-8,10H2. The Balaban J connectivity index is 1.79. The van der Waals surface area contributed by atoms with E-state index in [0.717, 1.165) is 6.54 Å². The average molecular weight is 237 g/mol. The van der Waals surface area contributed by atoms with Crippen LogP contribution in [0.4, 0.5) is 0 Å². The minimum atomic E-state index is -0.557. The average Bonchev–Trinajstić information content (AvgIpc) is 2.81. The van der Waals surface area contributed by atoms with Crippen molar-refractivity contribution in [3.05, 3.63) is 22.4 Å². The van der Waals surface area contributed by atoms with E-state index in [4.69, 9.17) is 0 Å². The molecule has 0 spiro atoms. The predicted octanol–water partition coefficient (Wildman–Crippen LogP) is 2.44. The van der Waals surface area contributed by atoms with Crippen LogP contribution in [-0.4, -0.2) is 29.6 Å². The second-order valence-corrected chi connectivity index (χ2v) is 6.11. The third-order valence-electron chi connectivity index (χ3n) is 3.86.